The number of aliphatic carboxylic acids is 1. The van der Waals surface area contributed by atoms with Crippen LogP contribution in [-0.2, 0) is 11.2 Å². The van der Waals surface area contributed by atoms with Crippen LogP contribution >= 0.6 is 15.9 Å². The molecule has 1 aromatic rings. The highest BCUT2D eigenvalue weighted by atomic mass is 79.9. The lowest BCUT2D eigenvalue weighted by atomic mass is 10.1. The van der Waals surface area contributed by atoms with E-state index in [-0.39, 0.29) is 6.42 Å². The predicted octanol–water partition coefficient (Wildman–Crippen LogP) is 2.77. The number of carbonyl (C=O) groups is 1. The standard InChI is InChI=1S/C10H10BrFO3/c11-8-3-1-7(2-4-10(13)14)5-9(8)15-6-12/h1,3,5H,2,4,6H2,(H,13,14). The number of aryl methyl sites for hydroxylation is 1. The van der Waals surface area contributed by atoms with E-state index >= 15 is 0 Å². The Hall–Kier alpha value is -1.10. The average Bonchev–Trinajstić information content (AvgIpc) is 2.19. The van der Waals surface area contributed by atoms with Crippen LogP contribution in [0, 0.1) is 0 Å². The number of carboxylic acid groups (broad SMARTS) is 1. The predicted molar refractivity (Wildman–Crippen MR) is 56.7 cm³/mol. The Morgan fingerprint density at radius 1 is 1.53 bits per heavy atom. The maximum atomic E-state index is 12.0. The van der Waals surface area contributed by atoms with Gasteiger partial charge in [0.25, 0.3) is 0 Å². The van der Waals surface area contributed by atoms with Crippen LogP contribution in [0.15, 0.2) is 22.7 Å². The van der Waals surface area contributed by atoms with Gasteiger partial charge >= 0.3 is 5.97 Å². The smallest absolute Gasteiger partial charge is 0.303 e. The van der Waals surface area contributed by atoms with Gasteiger partial charge in [-0.25, -0.2) is 4.39 Å². The van der Waals surface area contributed by atoms with E-state index in [1.54, 1.807) is 18.2 Å². The van der Waals surface area contributed by atoms with Crippen LogP contribution in [0.1, 0.15) is 12.0 Å². The second-order valence-electron chi connectivity index (χ2n) is 2.91. The summed E-state index contributed by atoms with van der Waals surface area (Å²) >= 11 is 3.20. The minimum absolute atomic E-state index is 0.0523. The van der Waals surface area contributed by atoms with Crippen LogP contribution in [0.2, 0.25) is 0 Å². The maximum absolute atomic E-state index is 12.0. The van der Waals surface area contributed by atoms with Crippen LogP contribution in [0.5, 0.6) is 5.75 Å². The van der Waals surface area contributed by atoms with E-state index in [2.05, 4.69) is 15.9 Å². The van der Waals surface area contributed by atoms with Crippen LogP contribution in [0.4, 0.5) is 4.39 Å². The number of alkyl halides is 1. The molecule has 1 N–H and O–H groups in total. The third-order valence-electron chi connectivity index (χ3n) is 1.83. The normalized spacial score (nSPS) is 10.0. The molecule has 5 heteroatoms. The molecule has 0 bridgehead atoms. The van der Waals surface area contributed by atoms with Crippen LogP contribution in [-0.4, -0.2) is 17.9 Å². The summed E-state index contributed by atoms with van der Waals surface area (Å²) in [7, 11) is 0. The summed E-state index contributed by atoms with van der Waals surface area (Å²) < 4.78 is 17.3. The monoisotopic (exact) mass is 276 g/mol. The molecule has 0 aliphatic rings. The zero-order valence-corrected chi connectivity index (χ0v) is 9.46. The fourth-order valence-corrected chi connectivity index (χ4v) is 1.49. The molecular weight excluding hydrogens is 267 g/mol. The molecule has 0 aromatic heterocycles. The van der Waals surface area contributed by atoms with Crippen molar-refractivity contribution in [2.75, 3.05) is 6.86 Å². The highest BCUT2D eigenvalue weighted by Crippen LogP contribution is 2.26. The SMILES string of the molecule is O=C(O)CCc1ccc(Br)c(OCF)c1. The topological polar surface area (TPSA) is 46.5 Å². The Balaban J connectivity index is 2.73. The number of hydrogen-bond donors (Lipinski definition) is 1. The molecule has 0 amide bonds. The molecule has 1 rings (SSSR count). The van der Waals surface area contributed by atoms with Crippen LogP contribution < -0.4 is 4.74 Å². The Kier molecular flexibility index (Phi) is 4.55. The number of hydrogen-bond acceptors (Lipinski definition) is 2. The maximum Gasteiger partial charge on any atom is 0.303 e. The minimum Gasteiger partial charge on any atom is -0.481 e. The lowest BCUT2D eigenvalue weighted by Crippen LogP contribution is -1.98. The lowest BCUT2D eigenvalue weighted by Gasteiger charge is -2.06. The molecule has 0 aliphatic carbocycles. The first-order valence-electron chi connectivity index (χ1n) is 4.32. The summed E-state index contributed by atoms with van der Waals surface area (Å²) in [5, 5.41) is 8.50. The molecule has 0 heterocycles. The second-order valence-corrected chi connectivity index (χ2v) is 3.77. The fraction of sp³-hybridized carbons (Fsp3) is 0.300. The molecule has 0 aliphatic heterocycles. The number of halogens is 2. The quantitative estimate of drug-likeness (QED) is 0.900. The Morgan fingerprint density at radius 3 is 2.87 bits per heavy atom. The third kappa shape index (κ3) is 3.87. The molecule has 0 saturated heterocycles. The number of rotatable bonds is 5. The second kappa shape index (κ2) is 5.70. The van der Waals surface area contributed by atoms with Crippen molar-refractivity contribution in [2.45, 2.75) is 12.8 Å². The van der Waals surface area contributed by atoms with E-state index in [0.717, 1.165) is 5.56 Å². The molecular formula is C10H10BrFO3. The molecule has 82 valence electrons. The average molecular weight is 277 g/mol. The van der Waals surface area contributed by atoms with E-state index in [1.165, 1.54) is 0 Å². The number of carboxylic acids is 1. The van der Waals surface area contributed by atoms with Crippen LogP contribution in [0.25, 0.3) is 0 Å². The molecule has 1 aromatic carbocycles. The summed E-state index contributed by atoms with van der Waals surface area (Å²) in [4.78, 5) is 10.3. The highest BCUT2D eigenvalue weighted by Gasteiger charge is 2.04. The van der Waals surface area contributed by atoms with Gasteiger partial charge in [-0.05, 0) is 40.0 Å². The molecule has 0 radical (unpaired) electrons. The zero-order chi connectivity index (χ0) is 11.3. The van der Waals surface area contributed by atoms with E-state index in [9.17, 15) is 9.18 Å². The van der Waals surface area contributed by atoms with Crippen molar-refractivity contribution in [2.24, 2.45) is 0 Å². The van der Waals surface area contributed by atoms with Crippen molar-refractivity contribution < 1.29 is 19.0 Å². The molecule has 0 spiro atoms. The summed E-state index contributed by atoms with van der Waals surface area (Å²) in [6.07, 6.45) is 0.460. The first-order chi connectivity index (χ1) is 7.13. The summed E-state index contributed by atoms with van der Waals surface area (Å²) in [6, 6.07) is 5.12. The molecule has 0 unspecified atom stereocenters. The van der Waals surface area contributed by atoms with Crippen molar-refractivity contribution in [3.63, 3.8) is 0 Å². The number of ether oxygens (including phenoxy) is 1. The number of benzene rings is 1. The van der Waals surface area contributed by atoms with Gasteiger partial charge in [-0.15, -0.1) is 0 Å². The van der Waals surface area contributed by atoms with E-state index < -0.39 is 12.8 Å². The van der Waals surface area contributed by atoms with Gasteiger partial charge in [-0.3, -0.25) is 4.79 Å². The van der Waals surface area contributed by atoms with Crippen LogP contribution in [0.3, 0.4) is 0 Å². The zero-order valence-electron chi connectivity index (χ0n) is 7.87. The van der Waals surface area contributed by atoms with Crippen molar-refractivity contribution in [1.29, 1.82) is 0 Å². The molecule has 15 heavy (non-hydrogen) atoms. The summed E-state index contributed by atoms with van der Waals surface area (Å²) in [5.41, 5.74) is 0.809. The molecule has 0 saturated carbocycles. The van der Waals surface area contributed by atoms with Gasteiger partial charge in [0.1, 0.15) is 5.75 Å². The first-order valence-corrected chi connectivity index (χ1v) is 5.11. The van der Waals surface area contributed by atoms with Crippen molar-refractivity contribution in [1.82, 2.24) is 0 Å². The van der Waals surface area contributed by atoms with Gasteiger partial charge in [-0.2, -0.15) is 0 Å². The van der Waals surface area contributed by atoms with Gasteiger partial charge < -0.3 is 9.84 Å². The Morgan fingerprint density at radius 2 is 2.27 bits per heavy atom. The molecule has 3 nitrogen and oxygen atoms in total. The van der Waals surface area contributed by atoms with Gasteiger partial charge in [0.05, 0.1) is 4.47 Å². The first kappa shape index (κ1) is 12.0. The van der Waals surface area contributed by atoms with Crippen molar-refractivity contribution in [3.05, 3.63) is 28.2 Å². The van der Waals surface area contributed by atoms with Gasteiger partial charge in [-0.1, -0.05) is 6.07 Å². The van der Waals surface area contributed by atoms with E-state index in [4.69, 9.17) is 9.84 Å². The van der Waals surface area contributed by atoms with Gasteiger partial charge in [0.2, 0.25) is 6.86 Å². The van der Waals surface area contributed by atoms with Crippen molar-refractivity contribution >= 4 is 21.9 Å². The minimum atomic E-state index is -0.902. The summed E-state index contributed by atoms with van der Waals surface area (Å²) in [5.74, 6) is -0.466. The lowest BCUT2D eigenvalue weighted by molar-refractivity contribution is -0.136. The molecule has 0 atom stereocenters. The van der Waals surface area contributed by atoms with Gasteiger partial charge in [0.15, 0.2) is 0 Å². The Labute approximate surface area is 95.0 Å². The van der Waals surface area contributed by atoms with E-state index in [0.29, 0.717) is 16.6 Å². The summed E-state index contributed by atoms with van der Waals surface area (Å²) in [6.45, 7) is -0.902. The fourth-order valence-electron chi connectivity index (χ4n) is 1.12. The Bertz CT molecular complexity index is 355. The third-order valence-corrected chi connectivity index (χ3v) is 2.49. The highest BCUT2D eigenvalue weighted by molar-refractivity contribution is 9.10. The molecule has 0 fully saturated rings. The largest absolute Gasteiger partial charge is 0.481 e. The van der Waals surface area contributed by atoms with E-state index in [1.807, 2.05) is 0 Å². The van der Waals surface area contributed by atoms with Gasteiger partial charge in [0, 0.05) is 6.42 Å². The van der Waals surface area contributed by atoms with Crippen molar-refractivity contribution in [3.8, 4) is 5.75 Å².